The number of carboxylic acid groups (broad SMARTS) is 1. The van der Waals surface area contributed by atoms with Gasteiger partial charge in [0.1, 0.15) is 0 Å². The summed E-state index contributed by atoms with van der Waals surface area (Å²) in [5, 5.41) is 9.06. The monoisotopic (exact) mass is 286 g/mol. The average Bonchev–Trinajstić information content (AvgIpc) is 3.19. The summed E-state index contributed by atoms with van der Waals surface area (Å²) < 4.78 is 0. The first kappa shape index (κ1) is 14.6. The molecule has 2 saturated carbocycles. The smallest absolute Gasteiger partial charge is 0.304 e. The van der Waals surface area contributed by atoms with Crippen LogP contribution < -0.4 is 0 Å². The molecule has 21 heavy (non-hydrogen) atoms. The predicted octanol–water partition coefficient (Wildman–Crippen LogP) is 4.88. The van der Waals surface area contributed by atoms with E-state index in [1.165, 1.54) is 36.8 Å². The summed E-state index contributed by atoms with van der Waals surface area (Å²) in [6, 6.07) is 8.87. The van der Waals surface area contributed by atoms with Gasteiger partial charge in [0.05, 0.1) is 6.42 Å². The quantitative estimate of drug-likeness (QED) is 0.856. The van der Waals surface area contributed by atoms with E-state index in [1.54, 1.807) is 0 Å². The van der Waals surface area contributed by atoms with Crippen molar-refractivity contribution in [3.05, 3.63) is 35.4 Å². The first-order chi connectivity index (χ1) is 9.90. The van der Waals surface area contributed by atoms with Crippen LogP contribution in [0.1, 0.15) is 75.8 Å². The van der Waals surface area contributed by atoms with Crippen LogP contribution in [-0.2, 0) is 10.2 Å². The minimum atomic E-state index is -0.675. The second kappa shape index (κ2) is 5.15. The lowest BCUT2D eigenvalue weighted by Crippen LogP contribution is -2.20. The molecule has 2 fully saturated rings. The van der Waals surface area contributed by atoms with E-state index < -0.39 is 5.97 Å². The molecule has 1 N–H and O–H groups in total. The van der Waals surface area contributed by atoms with Crippen LogP contribution in [0.2, 0.25) is 0 Å². The van der Waals surface area contributed by atoms with Crippen molar-refractivity contribution in [1.82, 2.24) is 0 Å². The lowest BCUT2D eigenvalue weighted by Gasteiger charge is -2.34. The van der Waals surface area contributed by atoms with Crippen molar-refractivity contribution >= 4 is 5.97 Å². The third-order valence-corrected chi connectivity index (χ3v) is 5.68. The van der Waals surface area contributed by atoms with Gasteiger partial charge in [-0.05, 0) is 61.0 Å². The Balaban J connectivity index is 1.69. The molecule has 1 aromatic rings. The number of benzene rings is 1. The van der Waals surface area contributed by atoms with Crippen LogP contribution >= 0.6 is 0 Å². The molecule has 0 unspecified atom stereocenters. The third kappa shape index (κ3) is 3.14. The number of rotatable bonds is 4. The van der Waals surface area contributed by atoms with E-state index in [0.717, 1.165) is 12.8 Å². The molecule has 0 heterocycles. The summed E-state index contributed by atoms with van der Waals surface area (Å²) in [4.78, 5) is 11.0. The van der Waals surface area contributed by atoms with Crippen molar-refractivity contribution in [2.45, 2.75) is 70.1 Å². The lowest BCUT2D eigenvalue weighted by molar-refractivity contribution is -0.137. The third-order valence-electron chi connectivity index (χ3n) is 5.68. The largest absolute Gasteiger partial charge is 0.481 e. The van der Waals surface area contributed by atoms with Crippen molar-refractivity contribution in [3.63, 3.8) is 0 Å². The topological polar surface area (TPSA) is 37.3 Å². The van der Waals surface area contributed by atoms with Crippen LogP contribution in [0, 0.1) is 5.41 Å². The summed E-state index contributed by atoms with van der Waals surface area (Å²) in [6.07, 6.45) is 7.51. The fraction of sp³-hybridized carbons (Fsp3) is 0.632. The van der Waals surface area contributed by atoms with E-state index in [4.69, 9.17) is 5.11 Å². The van der Waals surface area contributed by atoms with Gasteiger partial charge in [0.15, 0.2) is 0 Å². The van der Waals surface area contributed by atoms with Gasteiger partial charge < -0.3 is 5.11 Å². The second-order valence-corrected chi connectivity index (χ2v) is 7.91. The molecule has 0 spiro atoms. The molecule has 2 aliphatic carbocycles. The second-order valence-electron chi connectivity index (χ2n) is 7.91. The van der Waals surface area contributed by atoms with Gasteiger partial charge in [0, 0.05) is 5.41 Å². The molecule has 0 saturated heterocycles. The lowest BCUT2D eigenvalue weighted by atomic mass is 9.71. The van der Waals surface area contributed by atoms with E-state index in [2.05, 4.69) is 38.1 Å². The van der Waals surface area contributed by atoms with E-state index in [0.29, 0.717) is 11.3 Å². The Morgan fingerprint density at radius 1 is 1.10 bits per heavy atom. The molecule has 1 aromatic carbocycles. The van der Waals surface area contributed by atoms with Gasteiger partial charge in [-0.2, -0.15) is 0 Å². The number of aliphatic carboxylic acids is 1. The van der Waals surface area contributed by atoms with Gasteiger partial charge in [-0.1, -0.05) is 38.1 Å². The molecule has 0 atom stereocenters. The van der Waals surface area contributed by atoms with E-state index in [-0.39, 0.29) is 11.8 Å². The van der Waals surface area contributed by atoms with Crippen molar-refractivity contribution in [3.8, 4) is 0 Å². The van der Waals surface area contributed by atoms with E-state index in [1.807, 2.05) is 0 Å². The fourth-order valence-electron chi connectivity index (χ4n) is 3.85. The molecule has 0 aliphatic heterocycles. The van der Waals surface area contributed by atoms with Gasteiger partial charge in [-0.3, -0.25) is 4.79 Å². The Morgan fingerprint density at radius 2 is 1.67 bits per heavy atom. The molecule has 2 heteroatoms. The Labute approximate surface area is 127 Å². The Bertz CT molecular complexity index is 513. The Kier molecular flexibility index (Phi) is 3.59. The first-order valence-electron chi connectivity index (χ1n) is 8.23. The number of carbonyl (C=O) groups is 1. The molecule has 0 amide bonds. The van der Waals surface area contributed by atoms with Gasteiger partial charge in [0.2, 0.25) is 0 Å². The molecule has 3 rings (SSSR count). The van der Waals surface area contributed by atoms with Gasteiger partial charge in [-0.15, -0.1) is 0 Å². The molecule has 0 aromatic heterocycles. The van der Waals surface area contributed by atoms with Crippen LogP contribution in [0.4, 0.5) is 0 Å². The maximum absolute atomic E-state index is 11.0. The van der Waals surface area contributed by atoms with Crippen molar-refractivity contribution < 1.29 is 9.90 Å². The van der Waals surface area contributed by atoms with E-state index >= 15 is 0 Å². The van der Waals surface area contributed by atoms with Gasteiger partial charge >= 0.3 is 5.97 Å². The zero-order valence-electron chi connectivity index (χ0n) is 13.2. The van der Waals surface area contributed by atoms with Crippen molar-refractivity contribution in [2.24, 2.45) is 5.41 Å². The molecule has 2 aliphatic rings. The summed E-state index contributed by atoms with van der Waals surface area (Å²) in [6.45, 7) is 4.74. The molecule has 0 bridgehead atoms. The molecular formula is C19H26O2. The minimum Gasteiger partial charge on any atom is -0.481 e. The molecule has 114 valence electrons. The minimum absolute atomic E-state index is 0.0566. The Hall–Kier alpha value is -1.31. The maximum Gasteiger partial charge on any atom is 0.304 e. The summed E-state index contributed by atoms with van der Waals surface area (Å²) >= 11 is 0. The molecule has 0 radical (unpaired) electrons. The molecular weight excluding hydrogens is 260 g/mol. The molecule has 2 nitrogen and oxygen atoms in total. The first-order valence-corrected chi connectivity index (χ1v) is 8.23. The van der Waals surface area contributed by atoms with Crippen molar-refractivity contribution in [2.75, 3.05) is 0 Å². The summed E-state index contributed by atoms with van der Waals surface area (Å²) in [7, 11) is 0. The van der Waals surface area contributed by atoms with Crippen molar-refractivity contribution in [1.29, 1.82) is 0 Å². The zero-order chi connectivity index (χ0) is 15.1. The highest BCUT2D eigenvalue weighted by atomic mass is 16.4. The predicted molar refractivity (Wildman–Crippen MR) is 84.6 cm³/mol. The Morgan fingerprint density at radius 3 is 2.14 bits per heavy atom. The van der Waals surface area contributed by atoms with Gasteiger partial charge in [-0.25, -0.2) is 0 Å². The average molecular weight is 286 g/mol. The highest BCUT2D eigenvalue weighted by Gasteiger charge is 2.45. The summed E-state index contributed by atoms with van der Waals surface area (Å²) in [5.74, 6) is 0.0211. The number of hydrogen-bond acceptors (Lipinski definition) is 1. The zero-order valence-corrected chi connectivity index (χ0v) is 13.2. The van der Waals surface area contributed by atoms with Gasteiger partial charge in [0.25, 0.3) is 0 Å². The number of hydrogen-bond donors (Lipinski definition) is 1. The standard InChI is InChI=1S/C19H26O2/c1-18(2)9-7-15(8-10-18)14-3-5-16(6-4-14)19(11-12-19)13-17(20)21/h3-6,15H,7-13H2,1-2H3,(H,20,21). The van der Waals surface area contributed by atoms with Crippen LogP contribution in [0.3, 0.4) is 0 Å². The van der Waals surface area contributed by atoms with E-state index in [9.17, 15) is 4.79 Å². The maximum atomic E-state index is 11.0. The highest BCUT2D eigenvalue weighted by molar-refractivity contribution is 5.70. The normalized spacial score (nSPS) is 23.7. The fourth-order valence-corrected chi connectivity index (χ4v) is 3.85. The van der Waals surface area contributed by atoms with Crippen LogP contribution in [0.5, 0.6) is 0 Å². The highest BCUT2D eigenvalue weighted by Crippen LogP contribution is 2.51. The number of carboxylic acids is 1. The van der Waals surface area contributed by atoms with Crippen LogP contribution in [0.15, 0.2) is 24.3 Å². The summed E-state index contributed by atoms with van der Waals surface area (Å²) in [5.41, 5.74) is 3.12. The van der Waals surface area contributed by atoms with Crippen LogP contribution in [-0.4, -0.2) is 11.1 Å². The SMILES string of the molecule is CC1(C)CCC(c2ccc(C3(CC(=O)O)CC3)cc2)CC1. The van der Waals surface area contributed by atoms with Crippen LogP contribution in [0.25, 0.3) is 0 Å².